The highest BCUT2D eigenvalue weighted by Gasteiger charge is 2.34. The molecule has 0 fully saturated rings. The molecule has 0 aromatic carbocycles. The van der Waals surface area contributed by atoms with Gasteiger partial charge in [0, 0.05) is 18.3 Å². The molecule has 0 radical (unpaired) electrons. The molecule has 146 valence electrons. The van der Waals surface area contributed by atoms with Crippen LogP contribution in [-0.2, 0) is 9.53 Å². The average molecular weight is 440 g/mol. The summed E-state index contributed by atoms with van der Waals surface area (Å²) in [6, 6.07) is 1.73. The Labute approximate surface area is 165 Å². The van der Waals surface area contributed by atoms with Gasteiger partial charge in [-0.15, -0.1) is 0 Å². The zero-order valence-corrected chi connectivity index (χ0v) is 17.2. The number of carbonyl (C=O) groups excluding carboxylic acids is 2. The van der Waals surface area contributed by atoms with Crippen LogP contribution in [0.4, 0.5) is 15.4 Å². The van der Waals surface area contributed by atoms with Gasteiger partial charge in [-0.1, -0.05) is 6.08 Å². The van der Waals surface area contributed by atoms with Gasteiger partial charge in [0.25, 0.3) is 5.91 Å². The molecule has 2 heterocycles. The molecule has 9 heteroatoms. The smallest absolute Gasteiger partial charge is 0.423 e. The molecule has 0 atom stereocenters. The summed E-state index contributed by atoms with van der Waals surface area (Å²) in [5.74, 6) is -0.569. The lowest BCUT2D eigenvalue weighted by Crippen LogP contribution is -2.45. The number of carbonyl (C=O) groups is 3. The first-order valence-corrected chi connectivity index (χ1v) is 9.15. The summed E-state index contributed by atoms with van der Waals surface area (Å²) in [6.07, 6.45) is 1.56. The molecule has 1 aromatic rings. The number of hydrogen-bond acceptors (Lipinski definition) is 5. The largest absolute Gasteiger partial charge is 0.465 e. The van der Waals surface area contributed by atoms with Crippen LogP contribution in [-0.4, -0.2) is 51.8 Å². The normalized spacial score (nSPS) is 14.4. The molecule has 0 bridgehead atoms. The number of aryl methyl sites for hydroxylation is 1. The minimum atomic E-state index is -1.12. The van der Waals surface area contributed by atoms with Gasteiger partial charge in [0.05, 0.1) is 11.0 Å². The second-order valence-corrected chi connectivity index (χ2v) is 8.02. The summed E-state index contributed by atoms with van der Waals surface area (Å²) < 4.78 is 5.83. The summed E-state index contributed by atoms with van der Waals surface area (Å²) in [7, 11) is 0. The molecule has 1 N–H and O–H groups in total. The van der Waals surface area contributed by atoms with Crippen LogP contribution in [0.5, 0.6) is 0 Å². The molecule has 0 saturated carbocycles. The van der Waals surface area contributed by atoms with Crippen molar-refractivity contribution in [1.82, 2.24) is 9.88 Å². The van der Waals surface area contributed by atoms with Crippen LogP contribution in [0, 0.1) is 6.92 Å². The van der Waals surface area contributed by atoms with Crippen LogP contribution in [0.2, 0.25) is 0 Å². The molecule has 8 nitrogen and oxygen atoms in total. The summed E-state index contributed by atoms with van der Waals surface area (Å²) in [5, 5.41) is 9.19. The standard InChI is InChI=1S/C18H22BrN3O5/c1-11-8-13(19)14(20-9-11)22(17(26)27-18(2,3)4)15(23)12-6-5-7-21(10-12)16(24)25/h6,8-9H,5,7,10H2,1-4H3,(H,24,25). The first-order chi connectivity index (χ1) is 12.5. The van der Waals surface area contributed by atoms with Crippen molar-refractivity contribution < 1.29 is 24.2 Å². The predicted octanol–water partition coefficient (Wildman–Crippen LogP) is 3.73. The van der Waals surface area contributed by atoms with Crippen molar-refractivity contribution in [3.63, 3.8) is 0 Å². The van der Waals surface area contributed by atoms with Crippen LogP contribution in [0.25, 0.3) is 0 Å². The Hall–Kier alpha value is -2.42. The molecule has 2 rings (SSSR count). The highest BCUT2D eigenvalue weighted by molar-refractivity contribution is 9.10. The molecule has 3 amide bonds. The number of halogens is 1. The van der Waals surface area contributed by atoms with E-state index < -0.39 is 23.7 Å². The van der Waals surface area contributed by atoms with Crippen molar-refractivity contribution in [2.24, 2.45) is 0 Å². The van der Waals surface area contributed by atoms with E-state index in [1.165, 1.54) is 6.20 Å². The third-order valence-electron chi connectivity index (χ3n) is 3.65. The van der Waals surface area contributed by atoms with Gasteiger partial charge in [0.1, 0.15) is 5.60 Å². The van der Waals surface area contributed by atoms with E-state index >= 15 is 0 Å². The predicted molar refractivity (Wildman–Crippen MR) is 103 cm³/mol. The van der Waals surface area contributed by atoms with E-state index in [0.29, 0.717) is 17.4 Å². The number of hydrogen-bond donors (Lipinski definition) is 1. The minimum Gasteiger partial charge on any atom is -0.465 e. The van der Waals surface area contributed by atoms with Crippen molar-refractivity contribution in [3.05, 3.63) is 33.9 Å². The highest BCUT2D eigenvalue weighted by atomic mass is 79.9. The first kappa shape index (κ1) is 20.9. The number of anilines is 1. The molecular formula is C18H22BrN3O5. The zero-order chi connectivity index (χ0) is 20.4. The fraction of sp³-hybridized carbons (Fsp3) is 0.444. The van der Waals surface area contributed by atoms with Crippen molar-refractivity contribution >= 4 is 39.8 Å². The van der Waals surface area contributed by atoms with Crippen molar-refractivity contribution in [2.45, 2.75) is 39.7 Å². The topological polar surface area (TPSA) is 100 Å². The van der Waals surface area contributed by atoms with E-state index in [2.05, 4.69) is 20.9 Å². The molecule has 0 aliphatic carbocycles. The van der Waals surface area contributed by atoms with Gasteiger partial charge in [0.15, 0.2) is 5.82 Å². The Morgan fingerprint density at radius 3 is 2.56 bits per heavy atom. The van der Waals surface area contributed by atoms with Gasteiger partial charge in [-0.25, -0.2) is 14.6 Å². The summed E-state index contributed by atoms with van der Waals surface area (Å²) in [6.45, 7) is 7.10. The summed E-state index contributed by atoms with van der Waals surface area (Å²) in [5.41, 5.74) is 0.223. The summed E-state index contributed by atoms with van der Waals surface area (Å²) in [4.78, 5) is 43.3. The van der Waals surface area contributed by atoms with Crippen LogP contribution in [0.3, 0.4) is 0 Å². The van der Waals surface area contributed by atoms with E-state index in [1.807, 2.05) is 6.92 Å². The Morgan fingerprint density at radius 1 is 1.33 bits per heavy atom. The molecule has 1 aromatic heterocycles. The Bertz CT molecular complexity index is 801. The Morgan fingerprint density at radius 2 is 2.00 bits per heavy atom. The highest BCUT2D eigenvalue weighted by Crippen LogP contribution is 2.28. The molecule has 0 spiro atoms. The zero-order valence-electron chi connectivity index (χ0n) is 15.7. The van der Waals surface area contributed by atoms with Gasteiger partial charge in [-0.3, -0.25) is 4.79 Å². The third-order valence-corrected chi connectivity index (χ3v) is 4.23. The maximum atomic E-state index is 13.1. The number of amides is 3. The molecule has 1 aliphatic heterocycles. The number of pyridine rings is 1. The lowest BCUT2D eigenvalue weighted by atomic mass is 10.1. The van der Waals surface area contributed by atoms with Crippen LogP contribution in [0.1, 0.15) is 32.8 Å². The molecule has 0 unspecified atom stereocenters. The lowest BCUT2D eigenvalue weighted by Gasteiger charge is -2.29. The van der Waals surface area contributed by atoms with Gasteiger partial charge >= 0.3 is 12.2 Å². The van der Waals surface area contributed by atoms with E-state index in [0.717, 1.165) is 15.4 Å². The number of carboxylic acid groups (broad SMARTS) is 1. The van der Waals surface area contributed by atoms with Crippen molar-refractivity contribution in [3.8, 4) is 0 Å². The Balaban J connectivity index is 2.42. The average Bonchev–Trinajstić information content (AvgIpc) is 2.55. The number of nitrogens with zero attached hydrogens (tertiary/aromatic N) is 3. The molecule has 0 saturated heterocycles. The van der Waals surface area contributed by atoms with Crippen LogP contribution >= 0.6 is 15.9 Å². The number of rotatable bonds is 2. The SMILES string of the molecule is Cc1cnc(N(C(=O)OC(C)(C)C)C(=O)C2=CCCN(C(=O)O)C2)c(Br)c1. The quantitative estimate of drug-likeness (QED) is 0.753. The minimum absolute atomic E-state index is 0.0909. The van der Waals surface area contributed by atoms with Crippen LogP contribution in [0.15, 0.2) is 28.4 Å². The molecule has 1 aliphatic rings. The summed E-state index contributed by atoms with van der Waals surface area (Å²) >= 11 is 3.33. The maximum Gasteiger partial charge on any atom is 0.423 e. The third kappa shape index (κ3) is 5.29. The van der Waals surface area contributed by atoms with Crippen LogP contribution < -0.4 is 4.90 Å². The molecule has 27 heavy (non-hydrogen) atoms. The Kier molecular flexibility index (Phi) is 6.25. The monoisotopic (exact) mass is 439 g/mol. The van der Waals surface area contributed by atoms with Gasteiger partial charge in [0.2, 0.25) is 0 Å². The first-order valence-electron chi connectivity index (χ1n) is 8.36. The number of aromatic nitrogens is 1. The fourth-order valence-corrected chi connectivity index (χ4v) is 3.11. The van der Waals surface area contributed by atoms with E-state index in [1.54, 1.807) is 32.9 Å². The van der Waals surface area contributed by atoms with E-state index in [-0.39, 0.29) is 17.9 Å². The second kappa shape index (κ2) is 8.08. The second-order valence-electron chi connectivity index (χ2n) is 7.16. The molecular weight excluding hydrogens is 418 g/mol. The van der Waals surface area contributed by atoms with Gasteiger partial charge in [-0.05, 0) is 61.7 Å². The number of imide groups is 1. The van der Waals surface area contributed by atoms with Crippen molar-refractivity contribution in [1.29, 1.82) is 0 Å². The van der Waals surface area contributed by atoms with Gasteiger partial charge < -0.3 is 14.7 Å². The van der Waals surface area contributed by atoms with E-state index in [4.69, 9.17) is 4.74 Å². The van der Waals surface area contributed by atoms with Crippen molar-refractivity contribution in [2.75, 3.05) is 18.0 Å². The van der Waals surface area contributed by atoms with Gasteiger partial charge in [-0.2, -0.15) is 4.90 Å². The fourth-order valence-electron chi connectivity index (χ4n) is 2.47. The van der Waals surface area contributed by atoms with E-state index in [9.17, 15) is 19.5 Å². The lowest BCUT2D eigenvalue weighted by molar-refractivity contribution is -0.115. The maximum absolute atomic E-state index is 13.1. The number of ether oxygens (including phenoxy) is 1.